The minimum absolute atomic E-state index is 0.236. The molecule has 1 heterocycles. The predicted octanol–water partition coefficient (Wildman–Crippen LogP) is 0.863. The van der Waals surface area contributed by atoms with Crippen molar-refractivity contribution in [1.82, 2.24) is 10.2 Å². The molecule has 0 aliphatic carbocycles. The van der Waals surface area contributed by atoms with E-state index in [0.717, 1.165) is 5.70 Å². The minimum Gasteiger partial charge on any atom is -0.359 e. The summed E-state index contributed by atoms with van der Waals surface area (Å²) in [6.07, 6.45) is 0. The summed E-state index contributed by atoms with van der Waals surface area (Å²) in [7, 11) is 0. The first kappa shape index (κ1) is 10.1. The highest BCUT2D eigenvalue weighted by Crippen LogP contribution is 2.23. The number of nitrogens with one attached hydrogen (secondary N) is 1. The van der Waals surface area contributed by atoms with Gasteiger partial charge < -0.3 is 5.32 Å². The molecule has 0 spiro atoms. The number of amides is 2. The quantitative estimate of drug-likeness (QED) is 0.682. The largest absolute Gasteiger partial charge is 0.359 e. The molecule has 1 N–H and O–H groups in total. The summed E-state index contributed by atoms with van der Waals surface area (Å²) in [4.78, 5) is 23.4. The van der Waals surface area contributed by atoms with E-state index < -0.39 is 0 Å². The van der Waals surface area contributed by atoms with Crippen molar-refractivity contribution in [1.29, 1.82) is 0 Å². The van der Waals surface area contributed by atoms with Gasteiger partial charge in [0, 0.05) is 19.5 Å². The molecule has 0 aromatic heterocycles. The van der Waals surface area contributed by atoms with Crippen LogP contribution in [0.5, 0.6) is 0 Å². The lowest BCUT2D eigenvalue weighted by Gasteiger charge is -2.24. The van der Waals surface area contributed by atoms with Crippen LogP contribution < -0.4 is 5.32 Å². The number of carbonyl (C=O) groups is 2. The maximum Gasteiger partial charge on any atom is 0.228 e. The Labute approximate surface area is 81.4 Å². The van der Waals surface area contributed by atoms with Gasteiger partial charge in [-0.3, -0.25) is 14.5 Å². The van der Waals surface area contributed by atoms with E-state index in [0.29, 0.717) is 0 Å². The molecule has 1 aliphatic rings. The summed E-state index contributed by atoms with van der Waals surface area (Å²) >= 11 is 1.43. The van der Waals surface area contributed by atoms with Crippen LogP contribution in [0.3, 0.4) is 0 Å². The summed E-state index contributed by atoms with van der Waals surface area (Å²) in [6, 6.07) is 0. The van der Waals surface area contributed by atoms with E-state index in [1.807, 2.05) is 12.3 Å². The first-order valence-corrected chi connectivity index (χ1v) is 4.86. The molecule has 4 nitrogen and oxygen atoms in total. The predicted molar refractivity (Wildman–Crippen MR) is 51.5 cm³/mol. The summed E-state index contributed by atoms with van der Waals surface area (Å²) in [6.45, 7) is 4.67. The maximum absolute atomic E-state index is 11.1. The van der Waals surface area contributed by atoms with Crippen LogP contribution in [0.15, 0.2) is 11.1 Å². The molecule has 72 valence electrons. The number of hydrogen-bond acceptors (Lipinski definition) is 4. The highest BCUT2D eigenvalue weighted by molar-refractivity contribution is 8.02. The SMILES string of the molecule is CC(=O)N(C(C)=O)C1NC(C)=CS1. The normalized spacial score (nSPS) is 20.5. The maximum atomic E-state index is 11.1. The van der Waals surface area contributed by atoms with E-state index in [9.17, 15) is 9.59 Å². The van der Waals surface area contributed by atoms with Crippen molar-refractivity contribution >= 4 is 23.6 Å². The average Bonchev–Trinajstić information content (AvgIpc) is 2.34. The fourth-order valence-corrected chi connectivity index (χ4v) is 2.18. The lowest BCUT2D eigenvalue weighted by Crippen LogP contribution is -2.45. The molecule has 0 fully saturated rings. The van der Waals surface area contributed by atoms with Crippen molar-refractivity contribution in [2.75, 3.05) is 0 Å². The molecule has 1 atom stereocenters. The van der Waals surface area contributed by atoms with Gasteiger partial charge in [-0.2, -0.15) is 0 Å². The molecular weight excluding hydrogens is 188 g/mol. The first-order valence-electron chi connectivity index (χ1n) is 3.91. The smallest absolute Gasteiger partial charge is 0.228 e. The van der Waals surface area contributed by atoms with E-state index in [1.165, 1.54) is 30.5 Å². The second-order valence-electron chi connectivity index (χ2n) is 2.84. The molecule has 1 aliphatic heterocycles. The summed E-state index contributed by atoms with van der Waals surface area (Å²) in [5.74, 6) is -0.471. The van der Waals surface area contributed by atoms with Crippen LogP contribution in [0.2, 0.25) is 0 Å². The van der Waals surface area contributed by atoms with E-state index in [2.05, 4.69) is 5.32 Å². The van der Waals surface area contributed by atoms with Crippen molar-refractivity contribution in [3.63, 3.8) is 0 Å². The molecule has 13 heavy (non-hydrogen) atoms. The van der Waals surface area contributed by atoms with Crippen LogP contribution in [0.4, 0.5) is 0 Å². The van der Waals surface area contributed by atoms with Crippen molar-refractivity contribution in [2.45, 2.75) is 26.3 Å². The van der Waals surface area contributed by atoms with E-state index in [1.54, 1.807) is 0 Å². The number of imide groups is 1. The zero-order valence-corrected chi connectivity index (χ0v) is 8.64. The lowest BCUT2D eigenvalue weighted by atomic mass is 10.5. The fourth-order valence-electron chi connectivity index (χ4n) is 1.11. The minimum atomic E-state index is -0.269. The Morgan fingerprint density at radius 1 is 1.46 bits per heavy atom. The monoisotopic (exact) mass is 200 g/mol. The molecule has 1 rings (SSSR count). The van der Waals surface area contributed by atoms with Crippen molar-refractivity contribution < 1.29 is 9.59 Å². The lowest BCUT2D eigenvalue weighted by molar-refractivity contribution is -0.143. The topological polar surface area (TPSA) is 49.4 Å². The van der Waals surface area contributed by atoms with Gasteiger partial charge >= 0.3 is 0 Å². The molecule has 0 aromatic carbocycles. The van der Waals surface area contributed by atoms with E-state index >= 15 is 0 Å². The van der Waals surface area contributed by atoms with Crippen molar-refractivity contribution in [3.8, 4) is 0 Å². The number of hydrogen-bond donors (Lipinski definition) is 1. The van der Waals surface area contributed by atoms with E-state index in [-0.39, 0.29) is 17.3 Å². The molecule has 5 heteroatoms. The summed E-state index contributed by atoms with van der Waals surface area (Å²) in [5.41, 5.74) is 0.706. The Hall–Kier alpha value is -0.970. The van der Waals surface area contributed by atoms with E-state index in [4.69, 9.17) is 0 Å². The Balaban J connectivity index is 2.68. The molecule has 1 unspecified atom stereocenters. The molecule has 0 bridgehead atoms. The molecule has 0 aromatic rings. The third kappa shape index (κ3) is 2.24. The first-order chi connectivity index (χ1) is 6.02. The number of allylic oxidation sites excluding steroid dienone is 1. The van der Waals surface area contributed by atoms with Gasteiger partial charge in [0.25, 0.3) is 0 Å². The van der Waals surface area contributed by atoms with Gasteiger partial charge in [-0.15, -0.1) is 0 Å². The van der Waals surface area contributed by atoms with Gasteiger partial charge in [-0.1, -0.05) is 11.8 Å². The molecular formula is C8H12N2O2S. The average molecular weight is 200 g/mol. The van der Waals surface area contributed by atoms with Gasteiger partial charge in [0.2, 0.25) is 11.8 Å². The molecule has 2 amide bonds. The Morgan fingerprint density at radius 2 is 2.00 bits per heavy atom. The zero-order valence-electron chi connectivity index (χ0n) is 7.83. The van der Waals surface area contributed by atoms with Crippen LogP contribution >= 0.6 is 11.8 Å². The fraction of sp³-hybridized carbons (Fsp3) is 0.500. The van der Waals surface area contributed by atoms with Gasteiger partial charge in [0.05, 0.1) is 0 Å². The van der Waals surface area contributed by atoms with Crippen LogP contribution in [0, 0.1) is 0 Å². The highest BCUT2D eigenvalue weighted by atomic mass is 32.2. The van der Waals surface area contributed by atoms with Gasteiger partial charge in [0.1, 0.15) is 0 Å². The van der Waals surface area contributed by atoms with Crippen molar-refractivity contribution in [3.05, 3.63) is 11.1 Å². The summed E-state index contributed by atoms with van der Waals surface area (Å²) in [5, 5.41) is 4.92. The number of thioether (sulfide) groups is 1. The van der Waals surface area contributed by atoms with Crippen molar-refractivity contribution in [2.24, 2.45) is 0 Å². The third-order valence-corrected chi connectivity index (χ3v) is 2.71. The molecule has 0 saturated carbocycles. The van der Waals surface area contributed by atoms with Crippen LogP contribution in [0.25, 0.3) is 0 Å². The molecule has 0 radical (unpaired) electrons. The number of nitrogens with zero attached hydrogens (tertiary/aromatic N) is 1. The van der Waals surface area contributed by atoms with Crippen LogP contribution in [-0.2, 0) is 9.59 Å². The Kier molecular flexibility index (Phi) is 2.98. The Bertz CT molecular complexity index is 261. The van der Waals surface area contributed by atoms with Gasteiger partial charge in [-0.05, 0) is 12.3 Å². The van der Waals surface area contributed by atoms with Gasteiger partial charge in [-0.25, -0.2) is 0 Å². The van der Waals surface area contributed by atoms with Crippen LogP contribution in [-0.4, -0.2) is 22.2 Å². The third-order valence-electron chi connectivity index (χ3n) is 1.64. The van der Waals surface area contributed by atoms with Crippen LogP contribution in [0.1, 0.15) is 20.8 Å². The standard InChI is InChI=1S/C8H12N2O2S/c1-5-4-13-8(9-5)10(6(2)11)7(3)12/h4,8-9H,1-3H3. The highest BCUT2D eigenvalue weighted by Gasteiger charge is 2.27. The number of carbonyl (C=O) groups excluding carboxylic acids is 2. The zero-order chi connectivity index (χ0) is 10.0. The second kappa shape index (κ2) is 3.83. The van der Waals surface area contributed by atoms with Gasteiger partial charge in [0.15, 0.2) is 5.50 Å². The summed E-state index contributed by atoms with van der Waals surface area (Å²) < 4.78 is 0. The second-order valence-corrected chi connectivity index (χ2v) is 3.80. The molecule has 0 saturated heterocycles. The number of rotatable bonds is 1. The Morgan fingerprint density at radius 3 is 2.31 bits per heavy atom.